The highest BCUT2D eigenvalue weighted by atomic mass is 14.4. The van der Waals surface area contributed by atoms with Crippen LogP contribution in [-0.4, -0.2) is 6.21 Å². The molecule has 1 N–H and O–H groups in total. The lowest BCUT2D eigenvalue weighted by atomic mass is 9.75. The van der Waals surface area contributed by atoms with Crippen molar-refractivity contribution in [3.63, 3.8) is 0 Å². The van der Waals surface area contributed by atoms with Crippen molar-refractivity contribution < 1.29 is 0 Å². The molecule has 0 saturated heterocycles. The van der Waals surface area contributed by atoms with Crippen LogP contribution in [0, 0.1) is 17.2 Å². The van der Waals surface area contributed by atoms with Gasteiger partial charge >= 0.3 is 0 Å². The molecule has 2 unspecified atom stereocenters. The Balaban J connectivity index is 2.52. The molecule has 0 spiro atoms. The van der Waals surface area contributed by atoms with Crippen molar-refractivity contribution in [2.24, 2.45) is 11.8 Å². The molecule has 0 aromatic carbocycles. The standard InChI is InChI=1S/C13H15N/c1-9-6-7-10(2)13-11(8-14)4-3-5-12(9)13/h3-9,12,14H,1-2H3. The average molecular weight is 185 g/mol. The van der Waals surface area contributed by atoms with Gasteiger partial charge in [0.25, 0.3) is 0 Å². The van der Waals surface area contributed by atoms with Gasteiger partial charge in [-0.25, -0.2) is 0 Å². The van der Waals surface area contributed by atoms with Gasteiger partial charge in [-0.05, 0) is 29.6 Å². The van der Waals surface area contributed by atoms with E-state index in [1.807, 2.05) is 6.08 Å². The summed E-state index contributed by atoms with van der Waals surface area (Å²) in [5.41, 5.74) is 3.69. The van der Waals surface area contributed by atoms with Crippen LogP contribution < -0.4 is 0 Å². The Morgan fingerprint density at radius 3 is 2.86 bits per heavy atom. The van der Waals surface area contributed by atoms with E-state index in [4.69, 9.17) is 5.41 Å². The van der Waals surface area contributed by atoms with E-state index in [-0.39, 0.29) is 0 Å². The van der Waals surface area contributed by atoms with Gasteiger partial charge in [0.05, 0.1) is 0 Å². The van der Waals surface area contributed by atoms with E-state index >= 15 is 0 Å². The van der Waals surface area contributed by atoms with Gasteiger partial charge in [-0.15, -0.1) is 0 Å². The molecule has 1 heteroatoms. The molecule has 14 heavy (non-hydrogen) atoms. The predicted molar refractivity (Wildman–Crippen MR) is 60.5 cm³/mol. The van der Waals surface area contributed by atoms with Crippen LogP contribution in [-0.2, 0) is 0 Å². The monoisotopic (exact) mass is 185 g/mol. The van der Waals surface area contributed by atoms with E-state index in [0.717, 1.165) is 5.57 Å². The number of nitrogens with one attached hydrogen (secondary N) is 1. The summed E-state index contributed by atoms with van der Waals surface area (Å²) < 4.78 is 0. The van der Waals surface area contributed by atoms with Gasteiger partial charge < -0.3 is 5.41 Å². The zero-order valence-corrected chi connectivity index (χ0v) is 8.62. The summed E-state index contributed by atoms with van der Waals surface area (Å²) in [7, 11) is 0. The highest BCUT2D eigenvalue weighted by Gasteiger charge is 2.25. The Morgan fingerprint density at radius 1 is 1.36 bits per heavy atom. The maximum atomic E-state index is 7.39. The lowest BCUT2D eigenvalue weighted by Crippen LogP contribution is -2.18. The molecule has 2 aliphatic rings. The average Bonchev–Trinajstić information content (AvgIpc) is 2.23. The fourth-order valence-electron chi connectivity index (χ4n) is 2.22. The van der Waals surface area contributed by atoms with Crippen LogP contribution in [0.2, 0.25) is 0 Å². The lowest BCUT2D eigenvalue weighted by molar-refractivity contribution is 0.575. The zero-order chi connectivity index (χ0) is 10.1. The second-order valence-corrected chi connectivity index (χ2v) is 3.99. The van der Waals surface area contributed by atoms with Crippen molar-refractivity contribution in [3.05, 3.63) is 47.1 Å². The molecule has 2 aliphatic carbocycles. The smallest absolute Gasteiger partial charge is 0.0253 e. The second kappa shape index (κ2) is 3.41. The summed E-state index contributed by atoms with van der Waals surface area (Å²) in [6.07, 6.45) is 12.2. The summed E-state index contributed by atoms with van der Waals surface area (Å²) in [5.74, 6) is 1.02. The Bertz CT molecular complexity index is 380. The van der Waals surface area contributed by atoms with Crippen molar-refractivity contribution in [3.8, 4) is 0 Å². The minimum absolute atomic E-state index is 0.474. The van der Waals surface area contributed by atoms with Crippen LogP contribution in [0.15, 0.2) is 47.1 Å². The van der Waals surface area contributed by atoms with Gasteiger partial charge in [0.1, 0.15) is 0 Å². The summed E-state index contributed by atoms with van der Waals surface area (Å²) in [5, 5.41) is 7.39. The number of allylic oxidation sites excluding steroid dienone is 8. The molecule has 0 aromatic rings. The molecule has 0 amide bonds. The molecule has 72 valence electrons. The minimum atomic E-state index is 0.474. The second-order valence-electron chi connectivity index (χ2n) is 3.99. The van der Waals surface area contributed by atoms with E-state index in [1.54, 1.807) is 0 Å². The van der Waals surface area contributed by atoms with Crippen LogP contribution >= 0.6 is 0 Å². The van der Waals surface area contributed by atoms with Gasteiger partial charge in [-0.3, -0.25) is 0 Å². The fourth-order valence-corrected chi connectivity index (χ4v) is 2.22. The van der Waals surface area contributed by atoms with Crippen molar-refractivity contribution in [2.75, 3.05) is 0 Å². The van der Waals surface area contributed by atoms with Crippen LogP contribution in [0.5, 0.6) is 0 Å². The minimum Gasteiger partial charge on any atom is -0.308 e. The third kappa shape index (κ3) is 1.29. The number of fused-ring (bicyclic) bond motifs is 1. The number of hydrogen-bond acceptors (Lipinski definition) is 1. The molecule has 0 bridgehead atoms. The highest BCUT2D eigenvalue weighted by molar-refractivity contribution is 5.85. The third-order valence-electron chi connectivity index (χ3n) is 3.04. The Labute approximate surface area is 85.0 Å². The fraction of sp³-hybridized carbons (Fsp3) is 0.308. The molecule has 2 atom stereocenters. The first kappa shape index (κ1) is 9.20. The van der Waals surface area contributed by atoms with Gasteiger partial charge in [-0.1, -0.05) is 37.3 Å². The first-order valence-corrected chi connectivity index (χ1v) is 5.02. The first-order valence-electron chi connectivity index (χ1n) is 5.02. The summed E-state index contributed by atoms with van der Waals surface area (Å²) in [4.78, 5) is 0. The van der Waals surface area contributed by atoms with Gasteiger partial charge in [0, 0.05) is 12.1 Å². The van der Waals surface area contributed by atoms with Crippen molar-refractivity contribution >= 4 is 6.21 Å². The van der Waals surface area contributed by atoms with Crippen molar-refractivity contribution in [1.82, 2.24) is 0 Å². The van der Waals surface area contributed by atoms with Gasteiger partial charge in [-0.2, -0.15) is 0 Å². The summed E-state index contributed by atoms with van der Waals surface area (Å²) in [6, 6.07) is 0. The maximum Gasteiger partial charge on any atom is 0.0253 e. The van der Waals surface area contributed by atoms with Crippen molar-refractivity contribution in [1.29, 1.82) is 5.41 Å². The normalized spacial score (nSPS) is 30.0. The van der Waals surface area contributed by atoms with Crippen LogP contribution in [0.4, 0.5) is 0 Å². The Kier molecular flexibility index (Phi) is 2.24. The third-order valence-corrected chi connectivity index (χ3v) is 3.04. The molecule has 2 rings (SSSR count). The van der Waals surface area contributed by atoms with E-state index in [0.29, 0.717) is 11.8 Å². The summed E-state index contributed by atoms with van der Waals surface area (Å²) >= 11 is 0. The number of rotatable bonds is 1. The first-order chi connectivity index (χ1) is 6.74. The number of hydrogen-bond donors (Lipinski definition) is 1. The maximum absolute atomic E-state index is 7.39. The van der Waals surface area contributed by atoms with E-state index in [1.165, 1.54) is 17.4 Å². The van der Waals surface area contributed by atoms with Crippen LogP contribution in [0.1, 0.15) is 13.8 Å². The SMILES string of the molecule is CC1=C2C(C=N)=CC=CC2C(C)C=C1. The zero-order valence-electron chi connectivity index (χ0n) is 8.62. The highest BCUT2D eigenvalue weighted by Crippen LogP contribution is 2.36. The molecule has 0 fully saturated rings. The largest absolute Gasteiger partial charge is 0.308 e. The molecule has 0 aromatic heterocycles. The summed E-state index contributed by atoms with van der Waals surface area (Å²) in [6.45, 7) is 4.35. The lowest BCUT2D eigenvalue weighted by Gasteiger charge is -2.29. The van der Waals surface area contributed by atoms with Crippen molar-refractivity contribution in [2.45, 2.75) is 13.8 Å². The molecular weight excluding hydrogens is 170 g/mol. The predicted octanol–water partition coefficient (Wildman–Crippen LogP) is 3.27. The topological polar surface area (TPSA) is 23.9 Å². The van der Waals surface area contributed by atoms with E-state index in [2.05, 4.69) is 38.2 Å². The van der Waals surface area contributed by atoms with Gasteiger partial charge in [0.15, 0.2) is 0 Å². The van der Waals surface area contributed by atoms with Crippen LogP contribution in [0.25, 0.3) is 0 Å². The molecule has 0 heterocycles. The Morgan fingerprint density at radius 2 is 2.14 bits per heavy atom. The molecule has 0 aliphatic heterocycles. The quantitative estimate of drug-likeness (QED) is 0.606. The van der Waals surface area contributed by atoms with Crippen LogP contribution in [0.3, 0.4) is 0 Å². The molecule has 0 radical (unpaired) electrons. The molecule has 0 saturated carbocycles. The molecular formula is C13H15N. The van der Waals surface area contributed by atoms with Gasteiger partial charge in [0.2, 0.25) is 0 Å². The van der Waals surface area contributed by atoms with E-state index in [9.17, 15) is 0 Å². The van der Waals surface area contributed by atoms with E-state index < -0.39 is 0 Å². The Hall–Kier alpha value is -1.37. The molecule has 1 nitrogen and oxygen atoms in total.